The van der Waals surface area contributed by atoms with Gasteiger partial charge >= 0.3 is 6.03 Å². The summed E-state index contributed by atoms with van der Waals surface area (Å²) in [6.07, 6.45) is 3.04. The monoisotopic (exact) mass is 392 g/mol. The van der Waals surface area contributed by atoms with E-state index in [0.29, 0.717) is 48.3 Å². The minimum Gasteiger partial charge on any atom is -0.495 e. The second kappa shape index (κ2) is 7.95. The SMILES string of the molecule is COc1ccc(C)cc1NC(=O)N1CCC(n2cnc3ccccc3c2=O)CC1. The van der Waals surface area contributed by atoms with Gasteiger partial charge in [0.05, 0.1) is 30.0 Å². The third kappa shape index (κ3) is 3.81. The number of nitrogens with one attached hydrogen (secondary N) is 1. The molecule has 7 nitrogen and oxygen atoms in total. The molecule has 29 heavy (non-hydrogen) atoms. The first-order chi connectivity index (χ1) is 14.1. The van der Waals surface area contributed by atoms with Crippen molar-refractivity contribution in [3.63, 3.8) is 0 Å². The quantitative estimate of drug-likeness (QED) is 0.739. The Hall–Kier alpha value is -3.35. The number of fused-ring (bicyclic) bond motifs is 1. The average molecular weight is 392 g/mol. The zero-order valence-corrected chi connectivity index (χ0v) is 16.6. The zero-order valence-electron chi connectivity index (χ0n) is 16.6. The maximum atomic E-state index is 12.8. The molecule has 2 heterocycles. The molecule has 150 valence electrons. The predicted molar refractivity (Wildman–Crippen MR) is 113 cm³/mol. The van der Waals surface area contributed by atoms with Crippen LogP contribution in [0.15, 0.2) is 53.6 Å². The molecular formula is C22H24N4O3. The minimum absolute atomic E-state index is 0.0250. The summed E-state index contributed by atoms with van der Waals surface area (Å²) in [5.41, 5.74) is 2.39. The van der Waals surface area contributed by atoms with Crippen molar-refractivity contribution in [2.75, 3.05) is 25.5 Å². The number of benzene rings is 2. The number of urea groups is 1. The largest absolute Gasteiger partial charge is 0.495 e. The molecule has 2 aromatic carbocycles. The minimum atomic E-state index is -0.156. The number of carbonyl (C=O) groups excluding carboxylic acids is 1. The van der Waals surface area contributed by atoms with E-state index < -0.39 is 0 Å². The number of methoxy groups -OCH3 is 1. The van der Waals surface area contributed by atoms with Gasteiger partial charge in [-0.25, -0.2) is 9.78 Å². The van der Waals surface area contributed by atoms with Crippen molar-refractivity contribution in [3.05, 3.63) is 64.7 Å². The van der Waals surface area contributed by atoms with Crippen LogP contribution in [0.3, 0.4) is 0 Å². The van der Waals surface area contributed by atoms with Crippen LogP contribution in [0.25, 0.3) is 10.9 Å². The lowest BCUT2D eigenvalue weighted by atomic mass is 10.0. The first kappa shape index (κ1) is 19.0. The highest BCUT2D eigenvalue weighted by Gasteiger charge is 2.25. The summed E-state index contributed by atoms with van der Waals surface area (Å²) < 4.78 is 7.04. The third-order valence-corrected chi connectivity index (χ3v) is 5.43. The molecular weight excluding hydrogens is 368 g/mol. The molecule has 0 bridgehead atoms. The van der Waals surface area contributed by atoms with Crippen LogP contribution in [0.4, 0.5) is 10.5 Å². The fourth-order valence-corrected chi connectivity index (χ4v) is 3.80. The highest BCUT2D eigenvalue weighted by molar-refractivity contribution is 5.91. The summed E-state index contributed by atoms with van der Waals surface area (Å²) >= 11 is 0. The van der Waals surface area contributed by atoms with E-state index in [-0.39, 0.29) is 17.6 Å². The lowest BCUT2D eigenvalue weighted by molar-refractivity contribution is 0.182. The smallest absolute Gasteiger partial charge is 0.321 e. The van der Waals surface area contributed by atoms with Crippen LogP contribution in [-0.2, 0) is 0 Å². The summed E-state index contributed by atoms with van der Waals surface area (Å²) in [6, 6.07) is 12.9. The van der Waals surface area contributed by atoms with E-state index in [9.17, 15) is 9.59 Å². The Bertz CT molecular complexity index is 1100. The predicted octanol–water partition coefficient (Wildman–Crippen LogP) is 3.58. The van der Waals surface area contributed by atoms with Gasteiger partial charge in [-0.1, -0.05) is 18.2 Å². The number of likely N-dealkylation sites (tertiary alicyclic amines) is 1. The van der Waals surface area contributed by atoms with E-state index in [4.69, 9.17) is 4.74 Å². The Labute approximate surface area is 168 Å². The number of ether oxygens (including phenoxy) is 1. The highest BCUT2D eigenvalue weighted by Crippen LogP contribution is 2.27. The van der Waals surface area contributed by atoms with Crippen LogP contribution < -0.4 is 15.6 Å². The standard InChI is InChI=1S/C22H24N4O3/c1-15-7-8-20(29-2)19(13-15)24-22(28)25-11-9-16(10-12-25)26-14-23-18-6-4-3-5-17(18)21(26)27/h3-8,13-14,16H,9-12H2,1-2H3,(H,24,28). The lowest BCUT2D eigenvalue weighted by Gasteiger charge is -2.33. The van der Waals surface area contributed by atoms with Gasteiger partial charge in [-0.3, -0.25) is 9.36 Å². The molecule has 1 aliphatic rings. The molecule has 1 N–H and O–H groups in total. The van der Waals surface area contributed by atoms with Gasteiger partial charge in [0.1, 0.15) is 5.75 Å². The van der Waals surface area contributed by atoms with Crippen molar-refractivity contribution in [1.82, 2.24) is 14.5 Å². The Kier molecular flexibility index (Phi) is 5.20. The second-order valence-electron chi connectivity index (χ2n) is 7.33. The summed E-state index contributed by atoms with van der Waals surface area (Å²) in [5, 5.41) is 3.57. The molecule has 1 aromatic heterocycles. The maximum Gasteiger partial charge on any atom is 0.321 e. The van der Waals surface area contributed by atoms with Crippen molar-refractivity contribution >= 4 is 22.6 Å². The van der Waals surface area contributed by atoms with Gasteiger partial charge in [0, 0.05) is 19.1 Å². The zero-order chi connectivity index (χ0) is 20.4. The number of hydrogen-bond donors (Lipinski definition) is 1. The summed E-state index contributed by atoms with van der Waals surface area (Å²) in [5.74, 6) is 0.632. The maximum absolute atomic E-state index is 12.8. The topological polar surface area (TPSA) is 76.5 Å². The number of para-hydroxylation sites is 1. The molecule has 1 saturated heterocycles. The van der Waals surface area contributed by atoms with Crippen LogP contribution in [0.2, 0.25) is 0 Å². The molecule has 0 spiro atoms. The molecule has 3 aromatic rings. The molecule has 0 aliphatic carbocycles. The Balaban J connectivity index is 1.45. The number of amides is 2. The molecule has 0 saturated carbocycles. The lowest BCUT2D eigenvalue weighted by Crippen LogP contribution is -2.42. The van der Waals surface area contributed by atoms with E-state index in [1.165, 1.54) is 0 Å². The highest BCUT2D eigenvalue weighted by atomic mass is 16.5. The number of aromatic nitrogens is 2. The number of nitrogens with zero attached hydrogens (tertiary/aromatic N) is 3. The van der Waals surface area contributed by atoms with E-state index in [1.807, 2.05) is 43.3 Å². The second-order valence-corrected chi connectivity index (χ2v) is 7.33. The number of rotatable bonds is 3. The van der Waals surface area contributed by atoms with Gasteiger partial charge in [-0.05, 0) is 49.6 Å². The van der Waals surface area contributed by atoms with Gasteiger partial charge in [0.15, 0.2) is 0 Å². The Morgan fingerprint density at radius 3 is 2.69 bits per heavy atom. The number of piperidine rings is 1. The van der Waals surface area contributed by atoms with Gasteiger partial charge in [0.2, 0.25) is 0 Å². The van der Waals surface area contributed by atoms with Gasteiger partial charge in [0.25, 0.3) is 5.56 Å². The number of hydrogen-bond acceptors (Lipinski definition) is 4. The van der Waals surface area contributed by atoms with Gasteiger partial charge < -0.3 is 15.0 Å². The van der Waals surface area contributed by atoms with E-state index in [0.717, 1.165) is 5.56 Å². The van der Waals surface area contributed by atoms with Crippen LogP contribution in [-0.4, -0.2) is 40.7 Å². The first-order valence-electron chi connectivity index (χ1n) is 9.73. The van der Waals surface area contributed by atoms with Crippen LogP contribution in [0, 0.1) is 6.92 Å². The number of aryl methyl sites for hydroxylation is 1. The average Bonchev–Trinajstić information content (AvgIpc) is 2.74. The van der Waals surface area contributed by atoms with Crippen LogP contribution >= 0.6 is 0 Å². The van der Waals surface area contributed by atoms with Crippen molar-refractivity contribution in [2.45, 2.75) is 25.8 Å². The molecule has 0 radical (unpaired) electrons. The van der Waals surface area contributed by atoms with Crippen molar-refractivity contribution in [3.8, 4) is 5.75 Å². The molecule has 4 rings (SSSR count). The Morgan fingerprint density at radius 1 is 1.17 bits per heavy atom. The van der Waals surface area contributed by atoms with Gasteiger partial charge in [-0.2, -0.15) is 0 Å². The molecule has 2 amide bonds. The van der Waals surface area contributed by atoms with E-state index in [1.54, 1.807) is 29.0 Å². The molecule has 7 heteroatoms. The molecule has 1 aliphatic heterocycles. The number of carbonyl (C=O) groups is 1. The van der Waals surface area contributed by atoms with Crippen LogP contribution in [0.1, 0.15) is 24.4 Å². The van der Waals surface area contributed by atoms with E-state index >= 15 is 0 Å². The van der Waals surface area contributed by atoms with Crippen molar-refractivity contribution < 1.29 is 9.53 Å². The summed E-state index contributed by atoms with van der Waals surface area (Å²) in [6.45, 7) is 3.11. The molecule has 0 unspecified atom stereocenters. The first-order valence-corrected chi connectivity index (χ1v) is 9.73. The van der Waals surface area contributed by atoms with Gasteiger partial charge in [-0.15, -0.1) is 0 Å². The third-order valence-electron chi connectivity index (χ3n) is 5.43. The Morgan fingerprint density at radius 2 is 1.93 bits per heavy atom. The van der Waals surface area contributed by atoms with Crippen molar-refractivity contribution in [1.29, 1.82) is 0 Å². The van der Waals surface area contributed by atoms with Crippen molar-refractivity contribution in [2.24, 2.45) is 0 Å². The fraction of sp³-hybridized carbons (Fsp3) is 0.318. The normalized spacial score (nSPS) is 14.8. The van der Waals surface area contributed by atoms with E-state index in [2.05, 4.69) is 10.3 Å². The molecule has 0 atom stereocenters. The number of anilines is 1. The fourth-order valence-electron chi connectivity index (χ4n) is 3.80. The summed E-state index contributed by atoms with van der Waals surface area (Å²) in [4.78, 5) is 31.7. The van der Waals surface area contributed by atoms with Crippen LogP contribution in [0.5, 0.6) is 5.75 Å². The molecule has 1 fully saturated rings. The summed E-state index contributed by atoms with van der Waals surface area (Å²) in [7, 11) is 1.58.